The number of aliphatic hydroxyl groups excluding tert-OH is 8. The largest absolute Gasteiger partial charge is 0.394 e. The lowest BCUT2D eigenvalue weighted by Crippen LogP contribution is -2.65. The van der Waals surface area contributed by atoms with Crippen LogP contribution in [0.5, 0.6) is 0 Å². The smallest absolute Gasteiger partial charge is 0.220 e. The van der Waals surface area contributed by atoms with Crippen molar-refractivity contribution in [2.75, 3.05) is 19.8 Å². The molecule has 430 valence electrons. The number of ether oxygens (including phenoxy) is 4. The van der Waals surface area contributed by atoms with Crippen molar-refractivity contribution in [3.63, 3.8) is 0 Å². The van der Waals surface area contributed by atoms with Crippen LogP contribution in [0.4, 0.5) is 0 Å². The highest BCUT2D eigenvalue weighted by molar-refractivity contribution is 5.76. The van der Waals surface area contributed by atoms with Gasteiger partial charge in [-0.25, -0.2) is 0 Å². The molecule has 14 heteroatoms. The van der Waals surface area contributed by atoms with E-state index < -0.39 is 86.8 Å². The number of nitrogens with one attached hydrogen (secondary N) is 1. The van der Waals surface area contributed by atoms with Crippen molar-refractivity contribution in [2.24, 2.45) is 0 Å². The molecule has 12 unspecified atom stereocenters. The van der Waals surface area contributed by atoms with Gasteiger partial charge in [-0.15, -0.1) is 0 Å². The summed E-state index contributed by atoms with van der Waals surface area (Å²) < 4.78 is 22.8. The molecule has 12 atom stereocenters. The quantitative estimate of drug-likeness (QED) is 0.0204. The van der Waals surface area contributed by atoms with Crippen LogP contribution in [-0.2, 0) is 23.7 Å². The number of carbonyl (C=O) groups is 1. The Balaban J connectivity index is 1.71. The normalized spacial score (nSPS) is 25.5. The number of hydrogen-bond acceptors (Lipinski definition) is 13. The van der Waals surface area contributed by atoms with Gasteiger partial charge < -0.3 is 65.1 Å². The molecule has 73 heavy (non-hydrogen) atoms. The van der Waals surface area contributed by atoms with Crippen LogP contribution in [0.2, 0.25) is 0 Å². The van der Waals surface area contributed by atoms with Gasteiger partial charge in [0, 0.05) is 6.42 Å². The Morgan fingerprint density at radius 2 is 0.904 bits per heavy atom. The van der Waals surface area contributed by atoms with Crippen LogP contribution >= 0.6 is 0 Å². The zero-order chi connectivity index (χ0) is 53.2. The van der Waals surface area contributed by atoms with E-state index in [-0.39, 0.29) is 12.5 Å². The van der Waals surface area contributed by atoms with E-state index in [9.17, 15) is 45.6 Å². The standard InChI is InChI=1S/C59H111NO13/c1-3-5-7-9-11-13-15-17-19-20-21-22-23-24-25-26-27-28-29-31-33-35-37-39-41-43-51(64)60-47(48(63)42-40-38-36-34-32-30-18-16-14-12-10-8-6-4-2)46-70-58-56(69)54(67)57(50(45-62)72-58)73-59-55(68)53(66)52(65)49(44-61)71-59/h15,17,20-21,47-50,52-59,61-63,65-69H,3-14,16,18-19,22-46H2,1-2H3,(H,60,64)/b17-15-,21-20-. The van der Waals surface area contributed by atoms with Gasteiger partial charge in [0.15, 0.2) is 12.6 Å². The first kappa shape index (κ1) is 67.6. The van der Waals surface area contributed by atoms with E-state index in [2.05, 4.69) is 43.5 Å². The summed E-state index contributed by atoms with van der Waals surface area (Å²) >= 11 is 0. The number of amides is 1. The molecule has 14 nitrogen and oxygen atoms in total. The van der Waals surface area contributed by atoms with E-state index in [1.54, 1.807) is 0 Å². The van der Waals surface area contributed by atoms with Gasteiger partial charge in [-0.1, -0.05) is 224 Å². The van der Waals surface area contributed by atoms with Gasteiger partial charge in [-0.05, 0) is 44.9 Å². The first-order chi connectivity index (χ1) is 35.6. The van der Waals surface area contributed by atoms with E-state index in [4.69, 9.17) is 18.9 Å². The summed E-state index contributed by atoms with van der Waals surface area (Å²) in [7, 11) is 0. The first-order valence-electron chi connectivity index (χ1n) is 30.1. The van der Waals surface area contributed by atoms with Gasteiger partial charge in [0.05, 0.1) is 32.0 Å². The Kier molecular flexibility index (Phi) is 42.1. The van der Waals surface area contributed by atoms with E-state index >= 15 is 0 Å². The van der Waals surface area contributed by atoms with Crippen molar-refractivity contribution < 1.29 is 64.6 Å². The third-order valence-corrected chi connectivity index (χ3v) is 14.9. The van der Waals surface area contributed by atoms with E-state index in [1.807, 2.05) is 0 Å². The second-order valence-corrected chi connectivity index (χ2v) is 21.5. The average molecular weight is 1040 g/mol. The number of allylic oxidation sites excluding steroid dienone is 4. The van der Waals surface area contributed by atoms with E-state index in [0.29, 0.717) is 12.8 Å². The molecule has 0 saturated carbocycles. The minimum absolute atomic E-state index is 0.206. The van der Waals surface area contributed by atoms with Crippen LogP contribution in [-0.4, -0.2) is 140 Å². The topological polar surface area (TPSA) is 228 Å². The van der Waals surface area contributed by atoms with Gasteiger partial charge in [0.1, 0.15) is 48.8 Å². The lowest BCUT2D eigenvalue weighted by atomic mass is 9.97. The summed E-state index contributed by atoms with van der Waals surface area (Å²) in [5.41, 5.74) is 0. The number of rotatable bonds is 48. The minimum atomic E-state index is -1.78. The van der Waals surface area contributed by atoms with Crippen molar-refractivity contribution in [1.29, 1.82) is 0 Å². The van der Waals surface area contributed by atoms with Crippen LogP contribution < -0.4 is 5.32 Å². The molecule has 2 aliphatic rings. The summed E-state index contributed by atoms with van der Waals surface area (Å²) in [5.74, 6) is -0.206. The maximum Gasteiger partial charge on any atom is 0.220 e. The number of hydrogen-bond donors (Lipinski definition) is 9. The highest BCUT2D eigenvalue weighted by Gasteiger charge is 2.51. The molecule has 2 aliphatic heterocycles. The Morgan fingerprint density at radius 3 is 1.37 bits per heavy atom. The molecule has 0 aromatic rings. The number of aliphatic hydroxyl groups is 8. The van der Waals surface area contributed by atoms with Gasteiger partial charge in [0.25, 0.3) is 0 Å². The van der Waals surface area contributed by atoms with E-state index in [1.165, 1.54) is 167 Å². The molecule has 0 bridgehead atoms. The Labute approximate surface area is 443 Å². The van der Waals surface area contributed by atoms with Crippen LogP contribution in [0.3, 0.4) is 0 Å². The Hall–Kier alpha value is -1.53. The second-order valence-electron chi connectivity index (χ2n) is 21.5. The van der Waals surface area contributed by atoms with Crippen molar-refractivity contribution in [3.05, 3.63) is 24.3 Å². The molecule has 1 amide bonds. The van der Waals surface area contributed by atoms with Crippen molar-refractivity contribution in [3.8, 4) is 0 Å². The van der Waals surface area contributed by atoms with Crippen LogP contribution in [0, 0.1) is 0 Å². The maximum atomic E-state index is 13.3. The Morgan fingerprint density at radius 1 is 0.493 bits per heavy atom. The molecular formula is C59H111NO13. The molecule has 2 rings (SSSR count). The average Bonchev–Trinajstić information content (AvgIpc) is 3.39. The SMILES string of the molecule is CCCCCCC/C=C\C/C=C\CCCCCCCCCCCCCCCC(=O)NC(COC1OC(CO)C(OC2OC(CO)C(O)C(O)C2O)C(O)C1O)C(O)CCCCCCCCCCCCCCCC. The fourth-order valence-electron chi connectivity index (χ4n) is 10.0. The lowest BCUT2D eigenvalue weighted by Gasteiger charge is -2.46. The van der Waals surface area contributed by atoms with Crippen LogP contribution in [0.1, 0.15) is 251 Å². The predicted octanol–water partition coefficient (Wildman–Crippen LogP) is 10.1. The van der Waals surface area contributed by atoms with Crippen molar-refractivity contribution >= 4 is 5.91 Å². The van der Waals surface area contributed by atoms with Gasteiger partial charge in [-0.3, -0.25) is 4.79 Å². The molecule has 2 saturated heterocycles. The number of carbonyl (C=O) groups excluding carboxylic acids is 1. The van der Waals surface area contributed by atoms with Crippen LogP contribution in [0.15, 0.2) is 24.3 Å². The maximum absolute atomic E-state index is 13.3. The van der Waals surface area contributed by atoms with E-state index in [0.717, 1.165) is 57.8 Å². The molecule has 0 aromatic carbocycles. The highest BCUT2D eigenvalue weighted by atomic mass is 16.7. The first-order valence-corrected chi connectivity index (χ1v) is 30.1. The fraction of sp³-hybridized carbons (Fsp3) is 0.915. The zero-order valence-electron chi connectivity index (χ0n) is 46.1. The number of unbranched alkanes of at least 4 members (excludes halogenated alkanes) is 31. The third-order valence-electron chi connectivity index (χ3n) is 14.9. The summed E-state index contributed by atoms with van der Waals surface area (Å²) in [6.07, 6.45) is 36.0. The Bertz CT molecular complexity index is 1320. The highest BCUT2D eigenvalue weighted by Crippen LogP contribution is 2.30. The molecule has 2 heterocycles. The molecule has 0 aromatic heterocycles. The third kappa shape index (κ3) is 31.5. The lowest BCUT2D eigenvalue weighted by molar-refractivity contribution is -0.359. The van der Waals surface area contributed by atoms with Crippen LogP contribution in [0.25, 0.3) is 0 Å². The molecule has 0 spiro atoms. The summed E-state index contributed by atoms with van der Waals surface area (Å²) in [6.45, 7) is 2.86. The summed E-state index contributed by atoms with van der Waals surface area (Å²) in [6, 6.07) is -0.827. The molecule has 9 N–H and O–H groups in total. The van der Waals surface area contributed by atoms with Gasteiger partial charge in [-0.2, -0.15) is 0 Å². The monoisotopic (exact) mass is 1040 g/mol. The molecule has 0 radical (unpaired) electrons. The predicted molar refractivity (Wildman–Crippen MR) is 291 cm³/mol. The van der Waals surface area contributed by atoms with Gasteiger partial charge >= 0.3 is 0 Å². The summed E-state index contributed by atoms with van der Waals surface area (Å²) in [4.78, 5) is 13.3. The molecule has 2 fully saturated rings. The molecular weight excluding hydrogens is 931 g/mol. The molecule has 0 aliphatic carbocycles. The van der Waals surface area contributed by atoms with Gasteiger partial charge in [0.2, 0.25) is 5.91 Å². The second kappa shape index (κ2) is 45.5. The summed E-state index contributed by atoms with van der Waals surface area (Å²) in [5, 5.41) is 87.2. The fourth-order valence-corrected chi connectivity index (χ4v) is 10.0. The van der Waals surface area contributed by atoms with Crippen molar-refractivity contribution in [2.45, 2.75) is 325 Å². The zero-order valence-corrected chi connectivity index (χ0v) is 46.1. The van der Waals surface area contributed by atoms with Crippen molar-refractivity contribution in [1.82, 2.24) is 5.32 Å². The minimum Gasteiger partial charge on any atom is -0.394 e.